The summed E-state index contributed by atoms with van der Waals surface area (Å²) in [5.74, 6) is -0.132. The highest BCUT2D eigenvalue weighted by Crippen LogP contribution is 2.30. The van der Waals surface area contributed by atoms with Gasteiger partial charge in [-0.3, -0.25) is 10.1 Å². The van der Waals surface area contributed by atoms with Crippen LogP contribution in [0.5, 0.6) is 0 Å². The Kier molecular flexibility index (Phi) is 2.56. The third-order valence-electron chi connectivity index (χ3n) is 2.72. The molecule has 13 heavy (non-hydrogen) atoms. The maximum Gasteiger partial charge on any atom is 0.322 e. The second kappa shape index (κ2) is 3.33. The quantitative estimate of drug-likeness (QED) is 0.509. The lowest BCUT2D eigenvalue weighted by Crippen LogP contribution is -2.48. The minimum Gasteiger partial charge on any atom is -0.412 e. The SMILES string of the molecule is O.O=C1NC(=O)C2(CCCCC2)N1. The monoisotopic (exact) mass is 186 g/mol. The molecule has 3 amide bonds. The molecule has 2 rings (SSSR count). The van der Waals surface area contributed by atoms with Crippen molar-refractivity contribution < 1.29 is 15.1 Å². The molecular formula is C8H14N2O3. The van der Waals surface area contributed by atoms with Gasteiger partial charge in [-0.2, -0.15) is 0 Å². The summed E-state index contributed by atoms with van der Waals surface area (Å²) in [5, 5.41) is 5.01. The summed E-state index contributed by atoms with van der Waals surface area (Å²) in [6.45, 7) is 0. The Morgan fingerprint density at radius 3 is 2.15 bits per heavy atom. The summed E-state index contributed by atoms with van der Waals surface area (Å²) < 4.78 is 0. The van der Waals surface area contributed by atoms with Gasteiger partial charge in [0, 0.05) is 0 Å². The largest absolute Gasteiger partial charge is 0.412 e. The van der Waals surface area contributed by atoms with Crippen molar-refractivity contribution in [3.8, 4) is 0 Å². The molecule has 1 aliphatic heterocycles. The molecule has 74 valence electrons. The van der Waals surface area contributed by atoms with Crippen LogP contribution in [0, 0.1) is 0 Å². The molecule has 5 nitrogen and oxygen atoms in total. The highest BCUT2D eigenvalue weighted by Gasteiger charge is 2.46. The molecule has 4 N–H and O–H groups in total. The van der Waals surface area contributed by atoms with Gasteiger partial charge in [0.2, 0.25) is 0 Å². The molecule has 1 heterocycles. The van der Waals surface area contributed by atoms with Crippen LogP contribution in [0.4, 0.5) is 4.79 Å². The average molecular weight is 186 g/mol. The van der Waals surface area contributed by atoms with E-state index in [0.717, 1.165) is 25.7 Å². The van der Waals surface area contributed by atoms with Gasteiger partial charge in [-0.1, -0.05) is 19.3 Å². The van der Waals surface area contributed by atoms with Crippen molar-refractivity contribution in [3.05, 3.63) is 0 Å². The minimum absolute atomic E-state index is 0. The van der Waals surface area contributed by atoms with E-state index in [1.807, 2.05) is 0 Å². The highest BCUT2D eigenvalue weighted by atomic mass is 16.2. The molecule has 0 aromatic rings. The van der Waals surface area contributed by atoms with Crippen LogP contribution < -0.4 is 10.6 Å². The minimum atomic E-state index is -0.546. The Bertz CT molecular complexity index is 234. The lowest BCUT2D eigenvalue weighted by atomic mass is 9.82. The molecule has 1 aliphatic carbocycles. The fraction of sp³-hybridized carbons (Fsp3) is 0.750. The second-order valence-corrected chi connectivity index (χ2v) is 3.55. The van der Waals surface area contributed by atoms with E-state index < -0.39 is 5.54 Å². The van der Waals surface area contributed by atoms with Gasteiger partial charge in [0.15, 0.2) is 0 Å². The molecule has 5 heteroatoms. The lowest BCUT2D eigenvalue weighted by molar-refractivity contribution is -0.125. The number of hydrogen-bond donors (Lipinski definition) is 2. The fourth-order valence-electron chi connectivity index (χ4n) is 2.04. The molecule has 1 saturated heterocycles. The molecule has 1 saturated carbocycles. The van der Waals surface area contributed by atoms with Crippen molar-refractivity contribution in [2.75, 3.05) is 0 Å². The van der Waals surface area contributed by atoms with Crippen LogP contribution in [0.25, 0.3) is 0 Å². The van der Waals surface area contributed by atoms with E-state index in [1.165, 1.54) is 6.42 Å². The number of nitrogens with one attached hydrogen (secondary N) is 2. The van der Waals surface area contributed by atoms with Gasteiger partial charge >= 0.3 is 6.03 Å². The van der Waals surface area contributed by atoms with Gasteiger partial charge in [-0.05, 0) is 12.8 Å². The number of carbonyl (C=O) groups excluding carboxylic acids is 2. The lowest BCUT2D eigenvalue weighted by Gasteiger charge is -2.29. The van der Waals surface area contributed by atoms with Crippen molar-refractivity contribution in [2.24, 2.45) is 0 Å². The fourth-order valence-corrected chi connectivity index (χ4v) is 2.04. The first-order valence-electron chi connectivity index (χ1n) is 4.37. The summed E-state index contributed by atoms with van der Waals surface area (Å²) in [6.07, 6.45) is 4.83. The number of hydrogen-bond acceptors (Lipinski definition) is 2. The van der Waals surface area contributed by atoms with Gasteiger partial charge < -0.3 is 10.8 Å². The predicted molar refractivity (Wildman–Crippen MR) is 46.1 cm³/mol. The van der Waals surface area contributed by atoms with E-state index in [1.54, 1.807) is 0 Å². The maximum absolute atomic E-state index is 11.4. The van der Waals surface area contributed by atoms with Crippen LogP contribution in [0.15, 0.2) is 0 Å². The Hall–Kier alpha value is -1.10. The van der Waals surface area contributed by atoms with Crippen LogP contribution in [-0.2, 0) is 4.79 Å². The number of rotatable bonds is 0. The zero-order valence-corrected chi connectivity index (χ0v) is 7.35. The Labute approximate surface area is 76.2 Å². The number of carbonyl (C=O) groups is 2. The molecule has 0 bridgehead atoms. The number of amides is 3. The topological polar surface area (TPSA) is 89.7 Å². The van der Waals surface area contributed by atoms with E-state index >= 15 is 0 Å². The van der Waals surface area contributed by atoms with E-state index in [4.69, 9.17) is 0 Å². The van der Waals surface area contributed by atoms with Crippen LogP contribution in [0.1, 0.15) is 32.1 Å². The molecule has 0 aromatic carbocycles. The summed E-state index contributed by atoms with van der Waals surface area (Å²) >= 11 is 0. The Morgan fingerprint density at radius 2 is 1.69 bits per heavy atom. The zero-order valence-electron chi connectivity index (χ0n) is 7.35. The van der Waals surface area contributed by atoms with Gasteiger partial charge in [0.1, 0.15) is 5.54 Å². The van der Waals surface area contributed by atoms with Crippen molar-refractivity contribution in [3.63, 3.8) is 0 Å². The van der Waals surface area contributed by atoms with Crippen LogP contribution >= 0.6 is 0 Å². The molecule has 2 aliphatic rings. The average Bonchev–Trinajstić information content (AvgIpc) is 2.29. The molecule has 0 atom stereocenters. The first-order valence-corrected chi connectivity index (χ1v) is 4.37. The van der Waals surface area contributed by atoms with Gasteiger partial charge in [-0.25, -0.2) is 4.79 Å². The molecule has 1 spiro atoms. The van der Waals surface area contributed by atoms with E-state index in [0.29, 0.717) is 0 Å². The van der Waals surface area contributed by atoms with E-state index in [-0.39, 0.29) is 17.4 Å². The number of urea groups is 1. The van der Waals surface area contributed by atoms with Crippen molar-refractivity contribution >= 4 is 11.9 Å². The molecule has 0 radical (unpaired) electrons. The second-order valence-electron chi connectivity index (χ2n) is 3.55. The van der Waals surface area contributed by atoms with Gasteiger partial charge in [0.25, 0.3) is 5.91 Å². The summed E-state index contributed by atoms with van der Waals surface area (Å²) in [4.78, 5) is 22.3. The zero-order chi connectivity index (χ0) is 8.60. The van der Waals surface area contributed by atoms with Crippen LogP contribution in [0.3, 0.4) is 0 Å². The third kappa shape index (κ3) is 1.51. The first kappa shape index (κ1) is 9.98. The van der Waals surface area contributed by atoms with Gasteiger partial charge in [-0.15, -0.1) is 0 Å². The first-order chi connectivity index (χ1) is 5.73. The standard InChI is InChI=1S/C8H12N2O2.H2O/c11-6-8(10-7(12)9-6)4-2-1-3-5-8;/h1-5H2,(H2,9,10,11,12);1H2. The van der Waals surface area contributed by atoms with Gasteiger partial charge in [0.05, 0.1) is 0 Å². The number of imide groups is 1. The van der Waals surface area contributed by atoms with Crippen molar-refractivity contribution in [1.29, 1.82) is 0 Å². The molecule has 2 fully saturated rings. The summed E-state index contributed by atoms with van der Waals surface area (Å²) in [6, 6.07) is -0.332. The molecule has 0 unspecified atom stereocenters. The van der Waals surface area contributed by atoms with Crippen molar-refractivity contribution in [1.82, 2.24) is 10.6 Å². The smallest absolute Gasteiger partial charge is 0.322 e. The normalized spacial score (nSPS) is 24.9. The van der Waals surface area contributed by atoms with Crippen molar-refractivity contribution in [2.45, 2.75) is 37.6 Å². The highest BCUT2D eigenvalue weighted by molar-refractivity contribution is 6.07. The third-order valence-corrected chi connectivity index (χ3v) is 2.72. The van der Waals surface area contributed by atoms with Crippen LogP contribution in [0.2, 0.25) is 0 Å². The molecular weight excluding hydrogens is 172 g/mol. The summed E-state index contributed by atoms with van der Waals surface area (Å²) in [5.41, 5.74) is -0.546. The summed E-state index contributed by atoms with van der Waals surface area (Å²) in [7, 11) is 0. The Balaban J connectivity index is 0.000000845. The maximum atomic E-state index is 11.4. The van der Waals surface area contributed by atoms with E-state index in [9.17, 15) is 9.59 Å². The van der Waals surface area contributed by atoms with E-state index in [2.05, 4.69) is 10.6 Å². The Morgan fingerprint density at radius 1 is 1.08 bits per heavy atom. The predicted octanol–water partition coefficient (Wildman–Crippen LogP) is -0.296. The molecule has 0 aromatic heterocycles. The van der Waals surface area contributed by atoms with Crippen LogP contribution in [-0.4, -0.2) is 23.0 Å².